The van der Waals surface area contributed by atoms with Gasteiger partial charge >= 0.3 is 0 Å². The van der Waals surface area contributed by atoms with E-state index in [4.69, 9.17) is 5.73 Å². The van der Waals surface area contributed by atoms with Gasteiger partial charge in [0.25, 0.3) is 0 Å². The van der Waals surface area contributed by atoms with Gasteiger partial charge in [0.15, 0.2) is 5.82 Å². The minimum Gasteiger partial charge on any atom is -0.368 e. The average Bonchev–Trinajstić information content (AvgIpc) is 2.61. The molecule has 3 aromatic rings. The van der Waals surface area contributed by atoms with Crippen LogP contribution >= 0.6 is 0 Å². The lowest BCUT2D eigenvalue weighted by Crippen LogP contribution is -2.32. The number of hydrogen-bond donors (Lipinski definition) is 1. The summed E-state index contributed by atoms with van der Waals surface area (Å²) in [6.45, 7) is 1.68. The number of fused-ring (bicyclic) bond motifs is 1. The van der Waals surface area contributed by atoms with Gasteiger partial charge < -0.3 is 10.6 Å². The Hall–Kier alpha value is -2.95. The van der Waals surface area contributed by atoms with Crippen LogP contribution in [-0.2, 0) is 13.0 Å². The zero-order chi connectivity index (χ0) is 15.6. The van der Waals surface area contributed by atoms with E-state index in [0.717, 1.165) is 25.1 Å². The largest absolute Gasteiger partial charge is 0.368 e. The Morgan fingerprint density at radius 3 is 2.39 bits per heavy atom. The molecule has 0 radical (unpaired) electrons. The van der Waals surface area contributed by atoms with E-state index < -0.39 is 0 Å². The molecule has 0 unspecified atom stereocenters. The van der Waals surface area contributed by atoms with Gasteiger partial charge in [-0.15, -0.1) is 0 Å². The van der Waals surface area contributed by atoms with Crippen molar-refractivity contribution in [2.75, 3.05) is 17.2 Å². The number of hydrogen-bond acceptors (Lipinski definition) is 5. The van der Waals surface area contributed by atoms with E-state index in [1.807, 2.05) is 30.3 Å². The lowest BCUT2D eigenvalue weighted by Gasteiger charge is -2.28. The molecule has 2 aromatic carbocycles. The highest BCUT2D eigenvalue weighted by molar-refractivity contribution is 5.58. The van der Waals surface area contributed by atoms with Crippen LogP contribution in [0.25, 0.3) is 11.4 Å². The van der Waals surface area contributed by atoms with Crippen molar-refractivity contribution >= 4 is 11.9 Å². The maximum absolute atomic E-state index is 5.91. The van der Waals surface area contributed by atoms with Gasteiger partial charge in [-0.2, -0.15) is 15.0 Å². The molecule has 0 bridgehead atoms. The number of rotatable bonds is 2. The summed E-state index contributed by atoms with van der Waals surface area (Å²) in [7, 11) is 0. The van der Waals surface area contributed by atoms with Crippen LogP contribution in [0.15, 0.2) is 54.6 Å². The lowest BCUT2D eigenvalue weighted by atomic mass is 10.0. The Labute approximate surface area is 134 Å². The average molecular weight is 303 g/mol. The minimum atomic E-state index is 0.257. The molecule has 0 aliphatic carbocycles. The fourth-order valence-corrected chi connectivity index (χ4v) is 2.90. The third-order valence-corrected chi connectivity index (χ3v) is 4.09. The lowest BCUT2D eigenvalue weighted by molar-refractivity contribution is 0.706. The topological polar surface area (TPSA) is 67.9 Å². The fraction of sp³-hybridized carbons (Fsp3) is 0.167. The molecule has 0 saturated heterocycles. The van der Waals surface area contributed by atoms with Crippen molar-refractivity contribution in [2.24, 2.45) is 0 Å². The number of aromatic nitrogens is 3. The van der Waals surface area contributed by atoms with Gasteiger partial charge in [0.2, 0.25) is 11.9 Å². The van der Waals surface area contributed by atoms with Crippen molar-refractivity contribution in [3.63, 3.8) is 0 Å². The van der Waals surface area contributed by atoms with Crippen LogP contribution in [-0.4, -0.2) is 21.5 Å². The minimum absolute atomic E-state index is 0.257. The molecule has 4 rings (SSSR count). The van der Waals surface area contributed by atoms with Gasteiger partial charge in [0.05, 0.1) is 0 Å². The molecule has 2 heterocycles. The highest BCUT2D eigenvalue weighted by Gasteiger charge is 2.19. The summed E-state index contributed by atoms with van der Waals surface area (Å²) in [6.07, 6.45) is 0.989. The Morgan fingerprint density at radius 2 is 1.57 bits per heavy atom. The molecule has 0 spiro atoms. The number of nitrogens with zero attached hydrogens (tertiary/aromatic N) is 4. The summed E-state index contributed by atoms with van der Waals surface area (Å²) in [5.74, 6) is 1.52. The predicted octanol–water partition coefficient (Wildman–Crippen LogP) is 2.68. The van der Waals surface area contributed by atoms with E-state index in [-0.39, 0.29) is 5.95 Å². The summed E-state index contributed by atoms with van der Waals surface area (Å²) in [4.78, 5) is 15.4. The second-order valence-corrected chi connectivity index (χ2v) is 5.62. The highest BCUT2D eigenvalue weighted by Crippen LogP contribution is 2.24. The monoisotopic (exact) mass is 303 g/mol. The number of anilines is 2. The van der Waals surface area contributed by atoms with Gasteiger partial charge in [-0.25, -0.2) is 0 Å². The van der Waals surface area contributed by atoms with Gasteiger partial charge in [-0.05, 0) is 17.5 Å². The molecule has 0 amide bonds. The Balaban J connectivity index is 1.69. The van der Waals surface area contributed by atoms with Crippen molar-refractivity contribution in [1.82, 2.24) is 15.0 Å². The van der Waals surface area contributed by atoms with E-state index in [9.17, 15) is 0 Å². The Morgan fingerprint density at radius 1 is 0.826 bits per heavy atom. The molecule has 5 heteroatoms. The van der Waals surface area contributed by atoms with Crippen molar-refractivity contribution in [3.8, 4) is 11.4 Å². The summed E-state index contributed by atoms with van der Waals surface area (Å²) in [6, 6.07) is 18.3. The fourth-order valence-electron chi connectivity index (χ4n) is 2.90. The van der Waals surface area contributed by atoms with Gasteiger partial charge in [-0.1, -0.05) is 54.6 Å². The highest BCUT2D eigenvalue weighted by atomic mass is 15.3. The quantitative estimate of drug-likeness (QED) is 0.788. The van der Waals surface area contributed by atoms with Gasteiger partial charge in [0, 0.05) is 18.7 Å². The van der Waals surface area contributed by atoms with Crippen molar-refractivity contribution < 1.29 is 0 Å². The standard InChI is InChI=1S/C18H17N5/c19-17-20-16(14-7-2-1-3-8-14)21-18(22-17)23-11-10-13-6-4-5-9-15(13)12-23/h1-9H,10-12H2,(H2,19,20,21,22). The molecule has 5 nitrogen and oxygen atoms in total. The van der Waals surface area contributed by atoms with Crippen LogP contribution in [0.5, 0.6) is 0 Å². The van der Waals surface area contributed by atoms with E-state index in [1.54, 1.807) is 0 Å². The summed E-state index contributed by atoms with van der Waals surface area (Å²) in [5, 5.41) is 0. The summed E-state index contributed by atoms with van der Waals surface area (Å²) >= 11 is 0. The summed E-state index contributed by atoms with van der Waals surface area (Å²) < 4.78 is 0. The first-order valence-corrected chi connectivity index (χ1v) is 7.68. The first kappa shape index (κ1) is 13.7. The van der Waals surface area contributed by atoms with Crippen LogP contribution in [0, 0.1) is 0 Å². The predicted molar refractivity (Wildman–Crippen MR) is 90.9 cm³/mol. The smallest absolute Gasteiger partial charge is 0.231 e. The van der Waals surface area contributed by atoms with Crippen LogP contribution in [0.1, 0.15) is 11.1 Å². The molecular formula is C18H17N5. The third kappa shape index (κ3) is 2.73. The first-order valence-electron chi connectivity index (χ1n) is 7.68. The molecular weight excluding hydrogens is 286 g/mol. The number of nitrogens with two attached hydrogens (primary N) is 1. The van der Waals surface area contributed by atoms with E-state index in [2.05, 4.69) is 44.1 Å². The Bertz CT molecular complexity index is 832. The first-order chi connectivity index (χ1) is 11.3. The van der Waals surface area contributed by atoms with Crippen molar-refractivity contribution in [3.05, 3.63) is 65.7 Å². The Kier molecular flexibility index (Phi) is 3.38. The van der Waals surface area contributed by atoms with Crippen molar-refractivity contribution in [1.29, 1.82) is 0 Å². The van der Waals surface area contributed by atoms with Crippen LogP contribution in [0.3, 0.4) is 0 Å². The van der Waals surface area contributed by atoms with Crippen LogP contribution in [0.4, 0.5) is 11.9 Å². The maximum Gasteiger partial charge on any atom is 0.231 e. The van der Waals surface area contributed by atoms with Crippen LogP contribution < -0.4 is 10.6 Å². The maximum atomic E-state index is 5.91. The second kappa shape index (κ2) is 5.68. The normalized spacial score (nSPS) is 13.7. The van der Waals surface area contributed by atoms with Gasteiger partial charge in [0.1, 0.15) is 0 Å². The molecule has 0 fully saturated rings. The zero-order valence-corrected chi connectivity index (χ0v) is 12.7. The van der Waals surface area contributed by atoms with Crippen molar-refractivity contribution in [2.45, 2.75) is 13.0 Å². The molecule has 114 valence electrons. The molecule has 0 atom stereocenters. The molecule has 23 heavy (non-hydrogen) atoms. The molecule has 0 saturated carbocycles. The number of benzene rings is 2. The molecule has 1 aliphatic heterocycles. The van der Waals surface area contributed by atoms with E-state index in [1.165, 1.54) is 11.1 Å². The zero-order valence-electron chi connectivity index (χ0n) is 12.7. The van der Waals surface area contributed by atoms with E-state index in [0.29, 0.717) is 11.8 Å². The molecule has 2 N–H and O–H groups in total. The second-order valence-electron chi connectivity index (χ2n) is 5.62. The number of nitrogen functional groups attached to an aromatic ring is 1. The van der Waals surface area contributed by atoms with Gasteiger partial charge in [-0.3, -0.25) is 0 Å². The summed E-state index contributed by atoms with van der Waals surface area (Å²) in [5.41, 5.74) is 9.57. The van der Waals surface area contributed by atoms with Crippen LogP contribution in [0.2, 0.25) is 0 Å². The third-order valence-electron chi connectivity index (χ3n) is 4.09. The van der Waals surface area contributed by atoms with E-state index >= 15 is 0 Å². The SMILES string of the molecule is Nc1nc(-c2ccccc2)nc(N2CCc3ccccc3C2)n1. The molecule has 1 aliphatic rings. The molecule has 1 aromatic heterocycles.